The van der Waals surface area contributed by atoms with E-state index in [4.69, 9.17) is 17.3 Å². The van der Waals surface area contributed by atoms with E-state index in [-0.39, 0.29) is 23.7 Å². The number of carbonyl (C=O) groups excluding carboxylic acids is 1. The van der Waals surface area contributed by atoms with Crippen molar-refractivity contribution in [2.45, 2.75) is 33.2 Å². The molecule has 2 aromatic rings. The van der Waals surface area contributed by atoms with Crippen LogP contribution in [0.5, 0.6) is 0 Å². The number of amides is 1. The maximum atomic E-state index is 11.9. The molecule has 0 aliphatic rings. The number of rotatable bonds is 4. The second-order valence-corrected chi connectivity index (χ2v) is 7.66. The third-order valence-corrected chi connectivity index (χ3v) is 4.58. The summed E-state index contributed by atoms with van der Waals surface area (Å²) < 4.78 is 1.10. The first-order chi connectivity index (χ1) is 9.77. The van der Waals surface area contributed by atoms with Crippen LogP contribution in [-0.2, 0) is 11.2 Å². The van der Waals surface area contributed by atoms with Gasteiger partial charge in [0.15, 0.2) is 0 Å². The van der Waals surface area contributed by atoms with Gasteiger partial charge in [-0.05, 0) is 23.6 Å². The largest absolute Gasteiger partial charge is 0.354 e. The molecule has 0 spiro atoms. The van der Waals surface area contributed by atoms with E-state index >= 15 is 0 Å². The van der Waals surface area contributed by atoms with Gasteiger partial charge in [-0.3, -0.25) is 4.79 Å². The Kier molecular flexibility index (Phi) is 6.62. The van der Waals surface area contributed by atoms with Gasteiger partial charge in [0.25, 0.3) is 0 Å². The Balaban J connectivity index is 0.00000242. The number of carbonyl (C=O) groups is 1. The highest BCUT2D eigenvalue weighted by Gasteiger charge is 2.26. The van der Waals surface area contributed by atoms with Crippen LogP contribution < -0.4 is 11.1 Å². The van der Waals surface area contributed by atoms with Crippen LogP contribution in [0.25, 0.3) is 10.2 Å². The average molecular weight is 362 g/mol. The molecule has 0 unspecified atom stereocenters. The number of thiazole rings is 1. The van der Waals surface area contributed by atoms with Gasteiger partial charge in [-0.25, -0.2) is 4.98 Å². The zero-order valence-corrected chi connectivity index (χ0v) is 15.2. The number of hydrogen-bond acceptors (Lipinski definition) is 4. The summed E-state index contributed by atoms with van der Waals surface area (Å²) in [7, 11) is 0. The molecule has 3 N–H and O–H groups in total. The van der Waals surface area contributed by atoms with E-state index in [1.165, 1.54) is 0 Å². The summed E-state index contributed by atoms with van der Waals surface area (Å²) in [5.41, 5.74) is 6.58. The Hall–Kier alpha value is -0.880. The van der Waals surface area contributed by atoms with E-state index in [2.05, 4.69) is 10.3 Å². The second kappa shape index (κ2) is 7.59. The molecule has 7 heteroatoms. The first-order valence-corrected chi connectivity index (χ1v) is 8.05. The van der Waals surface area contributed by atoms with Gasteiger partial charge in [0.2, 0.25) is 5.91 Å². The van der Waals surface area contributed by atoms with Crippen LogP contribution >= 0.6 is 35.3 Å². The molecule has 1 amide bonds. The Morgan fingerprint density at radius 3 is 2.77 bits per heavy atom. The minimum absolute atomic E-state index is 0. The highest BCUT2D eigenvalue weighted by molar-refractivity contribution is 7.18. The van der Waals surface area contributed by atoms with Gasteiger partial charge < -0.3 is 11.1 Å². The van der Waals surface area contributed by atoms with Crippen molar-refractivity contribution in [2.75, 3.05) is 6.54 Å². The van der Waals surface area contributed by atoms with Gasteiger partial charge in [-0.1, -0.05) is 32.4 Å². The number of nitrogens with two attached hydrogens (primary N) is 1. The predicted octanol–water partition coefficient (Wildman–Crippen LogP) is 3.40. The normalized spacial score (nSPS) is 12.8. The first-order valence-electron chi connectivity index (χ1n) is 6.85. The highest BCUT2D eigenvalue weighted by Crippen LogP contribution is 2.25. The monoisotopic (exact) mass is 361 g/mol. The van der Waals surface area contributed by atoms with Crippen molar-refractivity contribution in [3.63, 3.8) is 0 Å². The molecule has 1 aromatic heterocycles. The second-order valence-electron chi connectivity index (χ2n) is 6.10. The quantitative estimate of drug-likeness (QED) is 0.876. The SMILES string of the molecule is CC(C)(C)[C@H](N)C(=O)NCCc1nc2cc(Cl)ccc2s1.Cl. The Morgan fingerprint density at radius 2 is 2.14 bits per heavy atom. The fourth-order valence-corrected chi connectivity index (χ4v) is 2.96. The summed E-state index contributed by atoms with van der Waals surface area (Å²) in [6.07, 6.45) is 0.694. The maximum Gasteiger partial charge on any atom is 0.237 e. The van der Waals surface area contributed by atoms with E-state index < -0.39 is 6.04 Å². The molecule has 1 atom stereocenters. The number of hydrogen-bond donors (Lipinski definition) is 2. The third-order valence-electron chi connectivity index (χ3n) is 3.25. The summed E-state index contributed by atoms with van der Waals surface area (Å²) >= 11 is 7.56. The van der Waals surface area contributed by atoms with Gasteiger partial charge in [-0.15, -0.1) is 23.7 Å². The van der Waals surface area contributed by atoms with Gasteiger partial charge in [0, 0.05) is 18.0 Å². The number of halogens is 2. The summed E-state index contributed by atoms with van der Waals surface area (Å²) in [4.78, 5) is 16.4. The minimum atomic E-state index is -0.508. The smallest absolute Gasteiger partial charge is 0.237 e. The number of nitrogens with zero attached hydrogens (tertiary/aromatic N) is 1. The lowest BCUT2D eigenvalue weighted by Gasteiger charge is -2.25. The Labute approximate surface area is 145 Å². The molecule has 0 bridgehead atoms. The lowest BCUT2D eigenvalue weighted by atomic mass is 9.87. The zero-order chi connectivity index (χ0) is 15.6. The van der Waals surface area contributed by atoms with E-state index in [1.54, 1.807) is 11.3 Å². The average Bonchev–Trinajstić information content (AvgIpc) is 2.78. The summed E-state index contributed by atoms with van der Waals surface area (Å²) in [6, 6.07) is 5.17. The Bertz CT molecular complexity index is 652. The van der Waals surface area contributed by atoms with Crippen LogP contribution in [0.1, 0.15) is 25.8 Å². The number of benzene rings is 1. The zero-order valence-electron chi connectivity index (χ0n) is 12.9. The van der Waals surface area contributed by atoms with Crippen LogP contribution in [0.4, 0.5) is 0 Å². The maximum absolute atomic E-state index is 11.9. The van der Waals surface area contributed by atoms with Crippen molar-refractivity contribution in [2.24, 2.45) is 11.1 Å². The summed E-state index contributed by atoms with van der Waals surface area (Å²) in [5, 5.41) is 4.54. The molecule has 0 aliphatic carbocycles. The van der Waals surface area contributed by atoms with Crippen LogP contribution in [0.3, 0.4) is 0 Å². The fraction of sp³-hybridized carbons (Fsp3) is 0.467. The molecule has 0 saturated carbocycles. The summed E-state index contributed by atoms with van der Waals surface area (Å²) in [6.45, 7) is 6.40. The molecular formula is C15H21Cl2N3OS. The lowest BCUT2D eigenvalue weighted by molar-refractivity contribution is -0.124. The topological polar surface area (TPSA) is 68.0 Å². The van der Waals surface area contributed by atoms with Gasteiger partial charge in [0.05, 0.1) is 21.3 Å². The van der Waals surface area contributed by atoms with Crippen molar-refractivity contribution >= 4 is 51.5 Å². The highest BCUT2D eigenvalue weighted by atomic mass is 35.5. The fourth-order valence-electron chi connectivity index (χ4n) is 1.85. The third kappa shape index (κ3) is 4.81. The van der Waals surface area contributed by atoms with Crippen molar-refractivity contribution in [3.05, 3.63) is 28.2 Å². The van der Waals surface area contributed by atoms with Crippen LogP contribution in [-0.4, -0.2) is 23.5 Å². The van der Waals surface area contributed by atoms with E-state index in [0.717, 1.165) is 15.2 Å². The molecule has 0 fully saturated rings. The number of nitrogens with one attached hydrogen (secondary N) is 1. The van der Waals surface area contributed by atoms with Crippen molar-refractivity contribution in [1.82, 2.24) is 10.3 Å². The number of aromatic nitrogens is 1. The molecule has 4 nitrogen and oxygen atoms in total. The van der Waals surface area contributed by atoms with Crippen LogP contribution in [0.15, 0.2) is 18.2 Å². The van der Waals surface area contributed by atoms with Crippen molar-refractivity contribution in [1.29, 1.82) is 0 Å². The summed E-state index contributed by atoms with van der Waals surface area (Å²) in [5.74, 6) is -0.119. The van der Waals surface area contributed by atoms with Crippen LogP contribution in [0, 0.1) is 5.41 Å². The minimum Gasteiger partial charge on any atom is -0.354 e. The van der Waals surface area contributed by atoms with Gasteiger partial charge in [-0.2, -0.15) is 0 Å². The molecule has 122 valence electrons. The first kappa shape index (κ1) is 19.2. The van der Waals surface area contributed by atoms with E-state index in [9.17, 15) is 4.79 Å². The number of fused-ring (bicyclic) bond motifs is 1. The Morgan fingerprint density at radius 1 is 1.45 bits per heavy atom. The predicted molar refractivity (Wildman–Crippen MR) is 96.0 cm³/mol. The molecule has 0 radical (unpaired) electrons. The standard InChI is InChI=1S/C15H20ClN3OS.ClH/c1-15(2,3)13(17)14(20)18-7-6-12-19-10-8-9(16)4-5-11(10)21-12;/h4-5,8,13H,6-7,17H2,1-3H3,(H,18,20);1H/t13-;/m1./s1. The molecule has 1 heterocycles. The molecular weight excluding hydrogens is 341 g/mol. The van der Waals surface area contributed by atoms with Crippen molar-refractivity contribution < 1.29 is 4.79 Å². The van der Waals surface area contributed by atoms with Crippen molar-refractivity contribution in [3.8, 4) is 0 Å². The van der Waals surface area contributed by atoms with E-state index in [1.807, 2.05) is 39.0 Å². The van der Waals surface area contributed by atoms with Crippen LogP contribution in [0.2, 0.25) is 5.02 Å². The lowest BCUT2D eigenvalue weighted by Crippen LogP contribution is -2.48. The molecule has 0 aliphatic heterocycles. The molecule has 0 saturated heterocycles. The molecule has 1 aromatic carbocycles. The molecule has 22 heavy (non-hydrogen) atoms. The molecule has 2 rings (SSSR count). The van der Waals surface area contributed by atoms with Gasteiger partial charge >= 0.3 is 0 Å². The van der Waals surface area contributed by atoms with Gasteiger partial charge in [0.1, 0.15) is 0 Å². The van der Waals surface area contributed by atoms with E-state index in [0.29, 0.717) is 18.0 Å².